The van der Waals surface area contributed by atoms with Crippen molar-refractivity contribution in [2.45, 2.75) is 43.9 Å². The number of carbonyl (C=O) groups excluding carboxylic acids is 1. The minimum Gasteiger partial charge on any atom is -0.391 e. The zero-order valence-corrected chi connectivity index (χ0v) is 10.4. The monoisotopic (exact) mass is 248 g/mol. The van der Waals surface area contributed by atoms with Crippen LogP contribution >= 0.6 is 0 Å². The van der Waals surface area contributed by atoms with Crippen LogP contribution in [0.2, 0.25) is 0 Å². The van der Waals surface area contributed by atoms with E-state index >= 15 is 0 Å². The predicted molar refractivity (Wildman–Crippen MR) is 69.8 cm³/mol. The van der Waals surface area contributed by atoms with Crippen LogP contribution in [0.3, 0.4) is 0 Å². The van der Waals surface area contributed by atoms with Crippen molar-refractivity contribution in [3.8, 4) is 0 Å². The Hall–Kier alpha value is -1.39. The van der Waals surface area contributed by atoms with Gasteiger partial charge in [0.05, 0.1) is 12.1 Å². The van der Waals surface area contributed by atoms with Crippen molar-refractivity contribution in [2.24, 2.45) is 5.73 Å². The first-order chi connectivity index (χ1) is 8.68. The molecule has 1 amide bonds. The number of aliphatic hydroxyl groups excluding tert-OH is 1. The maximum atomic E-state index is 12.0. The van der Waals surface area contributed by atoms with Gasteiger partial charge >= 0.3 is 0 Å². The average Bonchev–Trinajstić information content (AvgIpc) is 2.41. The first-order valence-electron chi connectivity index (χ1n) is 6.47. The quantitative estimate of drug-likeness (QED) is 0.750. The van der Waals surface area contributed by atoms with E-state index in [-0.39, 0.29) is 11.9 Å². The number of aliphatic hydroxyl groups is 1. The molecule has 0 radical (unpaired) electrons. The summed E-state index contributed by atoms with van der Waals surface area (Å²) in [6, 6.07) is 8.46. The molecule has 0 spiro atoms. The van der Waals surface area contributed by atoms with Gasteiger partial charge in [-0.05, 0) is 18.4 Å². The van der Waals surface area contributed by atoms with Crippen molar-refractivity contribution < 1.29 is 9.90 Å². The predicted octanol–water partition coefficient (Wildman–Crippen LogP) is 1.11. The minimum absolute atomic E-state index is 0.152. The highest BCUT2D eigenvalue weighted by Crippen LogP contribution is 2.19. The molecule has 1 saturated carbocycles. The molecule has 1 aromatic rings. The second kappa shape index (κ2) is 5.98. The SMILES string of the molecule is NC(C(=O)N[C@H]1CCCC[C@@H]1O)c1ccccc1. The number of amides is 1. The first kappa shape index (κ1) is 13.1. The number of hydrogen-bond donors (Lipinski definition) is 3. The number of benzene rings is 1. The number of nitrogens with two attached hydrogens (primary N) is 1. The van der Waals surface area contributed by atoms with E-state index < -0.39 is 12.1 Å². The van der Waals surface area contributed by atoms with Crippen LogP contribution in [-0.4, -0.2) is 23.2 Å². The lowest BCUT2D eigenvalue weighted by atomic mass is 9.92. The minimum atomic E-state index is -0.666. The van der Waals surface area contributed by atoms with Gasteiger partial charge in [0.1, 0.15) is 6.04 Å². The Morgan fingerprint density at radius 1 is 1.28 bits per heavy atom. The van der Waals surface area contributed by atoms with Gasteiger partial charge < -0.3 is 16.2 Å². The van der Waals surface area contributed by atoms with Gasteiger partial charge in [0.25, 0.3) is 0 Å². The number of carbonyl (C=O) groups is 1. The van der Waals surface area contributed by atoms with Crippen molar-refractivity contribution in [2.75, 3.05) is 0 Å². The molecule has 0 saturated heterocycles. The van der Waals surface area contributed by atoms with Gasteiger partial charge in [-0.2, -0.15) is 0 Å². The van der Waals surface area contributed by atoms with Crippen LogP contribution in [0, 0.1) is 0 Å². The molecule has 3 atom stereocenters. The zero-order valence-electron chi connectivity index (χ0n) is 10.4. The van der Waals surface area contributed by atoms with Gasteiger partial charge in [0.2, 0.25) is 5.91 Å². The Balaban J connectivity index is 1.95. The topological polar surface area (TPSA) is 75.4 Å². The molecule has 98 valence electrons. The Bertz CT molecular complexity index is 394. The normalized spacial score (nSPS) is 25.4. The van der Waals surface area contributed by atoms with Crippen molar-refractivity contribution in [3.05, 3.63) is 35.9 Å². The molecule has 4 N–H and O–H groups in total. The summed E-state index contributed by atoms with van der Waals surface area (Å²) in [4.78, 5) is 12.0. The molecule has 0 bridgehead atoms. The molecule has 1 aromatic carbocycles. The molecular formula is C14H20N2O2. The van der Waals surface area contributed by atoms with E-state index in [1.165, 1.54) is 0 Å². The summed E-state index contributed by atoms with van der Waals surface area (Å²) in [6.45, 7) is 0. The summed E-state index contributed by atoms with van der Waals surface area (Å²) < 4.78 is 0. The summed E-state index contributed by atoms with van der Waals surface area (Å²) in [7, 11) is 0. The van der Waals surface area contributed by atoms with E-state index in [2.05, 4.69) is 5.32 Å². The average molecular weight is 248 g/mol. The molecule has 1 aliphatic carbocycles. The number of rotatable bonds is 3. The smallest absolute Gasteiger partial charge is 0.241 e. The molecule has 0 heterocycles. The highest BCUT2D eigenvalue weighted by atomic mass is 16.3. The van der Waals surface area contributed by atoms with Gasteiger partial charge in [-0.3, -0.25) is 4.79 Å². The van der Waals surface area contributed by atoms with Crippen molar-refractivity contribution in [1.29, 1.82) is 0 Å². The third-order valence-electron chi connectivity index (χ3n) is 3.50. The lowest BCUT2D eigenvalue weighted by molar-refractivity contribution is -0.124. The van der Waals surface area contributed by atoms with Gasteiger partial charge in [-0.1, -0.05) is 43.2 Å². The summed E-state index contributed by atoms with van der Waals surface area (Å²) in [5.41, 5.74) is 6.70. The molecule has 0 aromatic heterocycles. The van der Waals surface area contributed by atoms with Crippen LogP contribution in [0.15, 0.2) is 30.3 Å². The lowest BCUT2D eigenvalue weighted by Gasteiger charge is -2.29. The van der Waals surface area contributed by atoms with Crippen LogP contribution in [0.4, 0.5) is 0 Å². The summed E-state index contributed by atoms with van der Waals surface area (Å²) in [5.74, 6) is -0.216. The van der Waals surface area contributed by atoms with Crippen LogP contribution in [0.1, 0.15) is 37.3 Å². The molecule has 1 unspecified atom stereocenters. The number of nitrogens with one attached hydrogen (secondary N) is 1. The van der Waals surface area contributed by atoms with Crippen LogP contribution in [-0.2, 0) is 4.79 Å². The fourth-order valence-electron chi connectivity index (χ4n) is 2.36. The van der Waals surface area contributed by atoms with Gasteiger partial charge in [0, 0.05) is 0 Å². The van der Waals surface area contributed by atoms with Crippen LogP contribution < -0.4 is 11.1 Å². The third-order valence-corrected chi connectivity index (χ3v) is 3.50. The second-order valence-electron chi connectivity index (χ2n) is 4.86. The van der Waals surface area contributed by atoms with E-state index in [0.29, 0.717) is 0 Å². The molecule has 1 fully saturated rings. The maximum Gasteiger partial charge on any atom is 0.241 e. The maximum absolute atomic E-state index is 12.0. The van der Waals surface area contributed by atoms with E-state index in [9.17, 15) is 9.90 Å². The molecule has 1 aliphatic rings. The second-order valence-corrected chi connectivity index (χ2v) is 4.86. The number of hydrogen-bond acceptors (Lipinski definition) is 3. The fraction of sp³-hybridized carbons (Fsp3) is 0.500. The Kier molecular flexibility index (Phi) is 4.33. The zero-order chi connectivity index (χ0) is 13.0. The highest BCUT2D eigenvalue weighted by Gasteiger charge is 2.26. The van der Waals surface area contributed by atoms with E-state index in [4.69, 9.17) is 5.73 Å². The third kappa shape index (κ3) is 3.09. The molecule has 4 heteroatoms. The van der Waals surface area contributed by atoms with Crippen LogP contribution in [0.5, 0.6) is 0 Å². The summed E-state index contributed by atoms with van der Waals surface area (Å²) >= 11 is 0. The Labute approximate surface area is 107 Å². The molecular weight excluding hydrogens is 228 g/mol. The van der Waals surface area contributed by atoms with E-state index in [1.54, 1.807) is 0 Å². The summed E-state index contributed by atoms with van der Waals surface area (Å²) in [6.07, 6.45) is 3.21. The van der Waals surface area contributed by atoms with E-state index in [0.717, 1.165) is 31.2 Å². The van der Waals surface area contributed by atoms with Gasteiger partial charge in [0.15, 0.2) is 0 Å². The fourth-order valence-corrected chi connectivity index (χ4v) is 2.36. The van der Waals surface area contributed by atoms with Crippen LogP contribution in [0.25, 0.3) is 0 Å². The van der Waals surface area contributed by atoms with Crippen molar-refractivity contribution in [3.63, 3.8) is 0 Å². The van der Waals surface area contributed by atoms with Gasteiger partial charge in [-0.25, -0.2) is 0 Å². The van der Waals surface area contributed by atoms with Gasteiger partial charge in [-0.15, -0.1) is 0 Å². The molecule has 18 heavy (non-hydrogen) atoms. The largest absolute Gasteiger partial charge is 0.391 e. The van der Waals surface area contributed by atoms with E-state index in [1.807, 2.05) is 30.3 Å². The molecule has 0 aliphatic heterocycles. The highest BCUT2D eigenvalue weighted by molar-refractivity contribution is 5.83. The Morgan fingerprint density at radius 2 is 1.94 bits per heavy atom. The molecule has 4 nitrogen and oxygen atoms in total. The Morgan fingerprint density at radius 3 is 2.61 bits per heavy atom. The molecule has 2 rings (SSSR count). The summed E-state index contributed by atoms with van der Waals surface area (Å²) in [5, 5.41) is 12.7. The standard InChI is InChI=1S/C14H20N2O2/c15-13(10-6-2-1-3-7-10)14(18)16-11-8-4-5-9-12(11)17/h1-3,6-7,11-13,17H,4-5,8-9,15H2,(H,16,18)/t11-,12-,13?/m0/s1. The lowest BCUT2D eigenvalue weighted by Crippen LogP contribution is -2.48. The first-order valence-corrected chi connectivity index (χ1v) is 6.47. The van der Waals surface area contributed by atoms with Crippen molar-refractivity contribution in [1.82, 2.24) is 5.32 Å². The van der Waals surface area contributed by atoms with Crippen molar-refractivity contribution >= 4 is 5.91 Å².